The number of aryl methyl sites for hydroxylation is 1. The largest absolute Gasteiger partial charge is 0.478 e. The van der Waals surface area contributed by atoms with Crippen LogP contribution in [0.5, 0.6) is 5.88 Å². The molecule has 1 aliphatic carbocycles. The number of rotatable bonds is 15. The van der Waals surface area contributed by atoms with Crippen LogP contribution in [0.1, 0.15) is 134 Å². The van der Waals surface area contributed by atoms with Gasteiger partial charge in [-0.3, -0.25) is 10.3 Å². The summed E-state index contributed by atoms with van der Waals surface area (Å²) in [6, 6.07) is 4.61. The van der Waals surface area contributed by atoms with Gasteiger partial charge in [0.25, 0.3) is 0 Å². The SMILES string of the molecule is CCCCCCCCC(NC1=CCCCCC=N/C=C/C(Cl)CC=C1)NC1CCCc2nc(OCCCC)ccc21. The van der Waals surface area contributed by atoms with E-state index < -0.39 is 0 Å². The molecule has 3 unspecified atom stereocenters. The summed E-state index contributed by atoms with van der Waals surface area (Å²) < 4.78 is 5.92. The normalized spacial score (nSPS) is 21.4. The third kappa shape index (κ3) is 13.6. The highest BCUT2D eigenvalue weighted by molar-refractivity contribution is 6.21. The second-order valence-electron chi connectivity index (χ2n) is 11.5. The van der Waals surface area contributed by atoms with E-state index in [1.807, 2.05) is 18.5 Å². The lowest BCUT2D eigenvalue weighted by molar-refractivity contribution is 0.294. The van der Waals surface area contributed by atoms with Crippen LogP contribution in [-0.4, -0.2) is 29.3 Å². The number of allylic oxidation sites excluding steroid dienone is 4. The van der Waals surface area contributed by atoms with Crippen molar-refractivity contribution in [2.45, 2.75) is 141 Å². The van der Waals surface area contributed by atoms with Gasteiger partial charge in [-0.1, -0.05) is 77.0 Å². The summed E-state index contributed by atoms with van der Waals surface area (Å²) in [5, 5.41) is 7.88. The smallest absolute Gasteiger partial charge is 0.213 e. The van der Waals surface area contributed by atoms with Gasteiger partial charge >= 0.3 is 0 Å². The molecule has 0 amide bonds. The van der Waals surface area contributed by atoms with Crippen molar-refractivity contribution in [3.8, 4) is 5.88 Å². The second-order valence-corrected chi connectivity index (χ2v) is 12.1. The molecule has 0 bridgehead atoms. The van der Waals surface area contributed by atoms with Crippen molar-refractivity contribution in [2.24, 2.45) is 4.99 Å². The van der Waals surface area contributed by atoms with E-state index in [0.29, 0.717) is 6.04 Å². The Morgan fingerprint density at radius 1 is 1.00 bits per heavy atom. The number of aliphatic imine (C=N–C) groups is 1. The molecule has 41 heavy (non-hydrogen) atoms. The van der Waals surface area contributed by atoms with Gasteiger partial charge in [0, 0.05) is 35.9 Å². The average molecular weight is 583 g/mol. The Kier molecular flexibility index (Phi) is 16.9. The third-order valence-electron chi connectivity index (χ3n) is 7.90. The maximum atomic E-state index is 6.50. The zero-order valence-electron chi connectivity index (χ0n) is 25.8. The molecule has 1 aromatic heterocycles. The van der Waals surface area contributed by atoms with Crippen molar-refractivity contribution in [3.05, 3.63) is 59.6 Å². The van der Waals surface area contributed by atoms with Gasteiger partial charge < -0.3 is 10.1 Å². The minimum Gasteiger partial charge on any atom is -0.478 e. The molecule has 228 valence electrons. The number of hydrogen-bond acceptors (Lipinski definition) is 5. The number of hydrogen-bond donors (Lipinski definition) is 2. The minimum absolute atomic E-state index is 0.0493. The highest BCUT2D eigenvalue weighted by Gasteiger charge is 2.24. The van der Waals surface area contributed by atoms with Gasteiger partial charge in [-0.2, -0.15) is 0 Å². The first-order chi connectivity index (χ1) is 20.2. The van der Waals surface area contributed by atoms with Crippen LogP contribution < -0.4 is 15.4 Å². The van der Waals surface area contributed by atoms with Gasteiger partial charge in [0.2, 0.25) is 5.88 Å². The lowest BCUT2D eigenvalue weighted by Gasteiger charge is -2.31. The van der Waals surface area contributed by atoms with E-state index in [1.54, 1.807) is 0 Å². The Morgan fingerprint density at radius 3 is 2.71 bits per heavy atom. The lowest BCUT2D eigenvalue weighted by atomic mass is 9.91. The molecule has 0 saturated carbocycles. The molecular formula is C35H55ClN4O. The lowest BCUT2D eigenvalue weighted by Crippen LogP contribution is -2.44. The number of alkyl halides is 1. The van der Waals surface area contributed by atoms with E-state index >= 15 is 0 Å². The molecule has 2 heterocycles. The molecular weight excluding hydrogens is 528 g/mol. The molecule has 0 fully saturated rings. The van der Waals surface area contributed by atoms with Crippen LogP contribution in [0.4, 0.5) is 0 Å². The molecule has 3 atom stereocenters. The molecule has 0 saturated heterocycles. The van der Waals surface area contributed by atoms with E-state index in [4.69, 9.17) is 21.3 Å². The van der Waals surface area contributed by atoms with E-state index in [2.05, 4.69) is 59.8 Å². The molecule has 0 radical (unpaired) electrons. The maximum absolute atomic E-state index is 6.50. The highest BCUT2D eigenvalue weighted by atomic mass is 35.5. The highest BCUT2D eigenvalue weighted by Crippen LogP contribution is 2.31. The number of nitrogens with one attached hydrogen (secondary N) is 2. The van der Waals surface area contributed by atoms with Crippen molar-refractivity contribution >= 4 is 17.8 Å². The predicted molar refractivity (Wildman–Crippen MR) is 176 cm³/mol. The van der Waals surface area contributed by atoms with Crippen LogP contribution in [0.3, 0.4) is 0 Å². The summed E-state index contributed by atoms with van der Waals surface area (Å²) in [7, 11) is 0. The van der Waals surface area contributed by atoms with E-state index in [1.165, 1.54) is 55.5 Å². The van der Waals surface area contributed by atoms with Crippen molar-refractivity contribution in [3.63, 3.8) is 0 Å². The van der Waals surface area contributed by atoms with Crippen LogP contribution in [0, 0.1) is 0 Å². The molecule has 0 aromatic carbocycles. The van der Waals surface area contributed by atoms with Crippen LogP contribution in [0.15, 0.2) is 53.3 Å². The van der Waals surface area contributed by atoms with Gasteiger partial charge in [0.1, 0.15) is 0 Å². The maximum Gasteiger partial charge on any atom is 0.213 e. The van der Waals surface area contributed by atoms with Crippen molar-refractivity contribution in [2.75, 3.05) is 6.61 Å². The zero-order valence-corrected chi connectivity index (χ0v) is 26.5. The summed E-state index contributed by atoms with van der Waals surface area (Å²) in [4.78, 5) is 9.26. The standard InChI is InChI=1S/C35H55ClN4O/c1-3-5-7-8-9-13-22-34(38-30-18-12-10-11-14-26-37-27-25-29(36)17-15-19-30)39-32-20-16-21-33-31(32)23-24-35(40-33)41-28-6-4-2/h15,18-19,23-27,29,32,34,38-39H,3-14,16-17,20-22,28H2,1-2H3/b19-15?,27-25+,30-18?,37-26?. The van der Waals surface area contributed by atoms with Crippen molar-refractivity contribution in [1.82, 2.24) is 15.6 Å². The number of aromatic nitrogens is 1. The van der Waals surface area contributed by atoms with Crippen LogP contribution in [0.25, 0.3) is 0 Å². The number of nitrogens with zero attached hydrogens (tertiary/aromatic N) is 2. The molecule has 2 N–H and O–H groups in total. The van der Waals surface area contributed by atoms with Gasteiger partial charge in [-0.15, -0.1) is 11.6 Å². The summed E-state index contributed by atoms with van der Waals surface area (Å²) in [6.07, 6.45) is 32.4. The predicted octanol–water partition coefficient (Wildman–Crippen LogP) is 9.49. The first-order valence-electron chi connectivity index (χ1n) is 16.5. The second kappa shape index (κ2) is 20.7. The Morgan fingerprint density at radius 2 is 1.83 bits per heavy atom. The van der Waals surface area contributed by atoms with Crippen LogP contribution >= 0.6 is 11.6 Å². The van der Waals surface area contributed by atoms with Gasteiger partial charge in [0.15, 0.2) is 0 Å². The molecule has 5 nitrogen and oxygen atoms in total. The minimum atomic E-state index is -0.0493. The van der Waals surface area contributed by atoms with Crippen molar-refractivity contribution < 1.29 is 4.74 Å². The van der Waals surface area contributed by atoms with E-state index in [9.17, 15) is 0 Å². The monoisotopic (exact) mass is 582 g/mol. The Bertz CT molecular complexity index is 973. The topological polar surface area (TPSA) is 58.5 Å². The van der Waals surface area contributed by atoms with Gasteiger partial charge in [-0.05, 0) is 81.9 Å². The van der Waals surface area contributed by atoms with E-state index in [0.717, 1.165) is 83.1 Å². The molecule has 1 aromatic rings. The first-order valence-corrected chi connectivity index (χ1v) is 17.0. The van der Waals surface area contributed by atoms with E-state index in [-0.39, 0.29) is 11.5 Å². The first kappa shape index (κ1) is 33.4. The van der Waals surface area contributed by atoms with Gasteiger partial charge in [0.05, 0.1) is 18.1 Å². The van der Waals surface area contributed by atoms with Gasteiger partial charge in [-0.25, -0.2) is 4.98 Å². The number of unbranched alkanes of at least 4 members (excludes halogenated alkanes) is 6. The summed E-state index contributed by atoms with van der Waals surface area (Å²) in [5.74, 6) is 0.772. The molecule has 3 rings (SSSR count). The number of halogens is 1. The number of fused-ring (bicyclic) bond motifs is 1. The fraction of sp³-hybridized carbons (Fsp3) is 0.657. The quantitative estimate of drug-likeness (QED) is 0.123. The molecule has 2 aliphatic rings. The Balaban J connectivity index is 1.70. The fourth-order valence-corrected chi connectivity index (χ4v) is 5.65. The summed E-state index contributed by atoms with van der Waals surface area (Å²) in [5.41, 5.74) is 3.73. The summed E-state index contributed by atoms with van der Waals surface area (Å²) in [6.45, 7) is 5.21. The third-order valence-corrected chi connectivity index (χ3v) is 8.22. The van der Waals surface area contributed by atoms with Crippen LogP contribution in [-0.2, 0) is 6.42 Å². The van der Waals surface area contributed by atoms with Crippen molar-refractivity contribution in [1.29, 1.82) is 0 Å². The Labute approximate surface area is 255 Å². The number of ether oxygens (including phenoxy) is 1. The Hall–Kier alpha value is -2.11. The zero-order chi connectivity index (χ0) is 29.0. The fourth-order valence-electron chi connectivity index (χ4n) is 5.48. The summed E-state index contributed by atoms with van der Waals surface area (Å²) >= 11 is 6.50. The van der Waals surface area contributed by atoms with Crippen LogP contribution in [0.2, 0.25) is 0 Å². The molecule has 1 aliphatic heterocycles. The molecule has 6 heteroatoms. The number of pyridine rings is 1. The average Bonchev–Trinajstić information content (AvgIpc) is 2.97. The molecule has 0 spiro atoms.